The van der Waals surface area contributed by atoms with Crippen molar-refractivity contribution in [3.63, 3.8) is 0 Å². The van der Waals surface area contributed by atoms with Crippen LogP contribution in [-0.4, -0.2) is 6.04 Å². The molecule has 2 atom stereocenters. The van der Waals surface area contributed by atoms with Gasteiger partial charge in [0, 0.05) is 34.4 Å². The molecular weight excluding hydrogens is 749 g/mol. The van der Waals surface area contributed by atoms with Crippen molar-refractivity contribution >= 4 is 33.9 Å². The van der Waals surface area contributed by atoms with Crippen LogP contribution in [0, 0.1) is 5.92 Å². The molecule has 4 aliphatic rings. The molecule has 0 radical (unpaired) electrons. The van der Waals surface area contributed by atoms with E-state index in [1.165, 1.54) is 61.5 Å². The molecule has 0 amide bonds. The number of benzene rings is 6. The minimum absolute atomic E-state index is 0.214. The molecule has 0 fully saturated rings. The average Bonchev–Trinajstić information content (AvgIpc) is 3.36. The van der Waals surface area contributed by atoms with Gasteiger partial charge in [-0.1, -0.05) is 176 Å². The Labute approximate surface area is 367 Å². The maximum Gasteiger partial charge on any atom is 0.0560 e. The van der Waals surface area contributed by atoms with Crippen LogP contribution in [0.4, 0.5) is 22.7 Å². The molecule has 0 bridgehead atoms. The zero-order valence-corrected chi connectivity index (χ0v) is 35.2. The van der Waals surface area contributed by atoms with Gasteiger partial charge in [-0.05, 0) is 143 Å². The number of allylic oxidation sites excluding steroid dienone is 13. The van der Waals surface area contributed by atoms with Crippen LogP contribution in [0.2, 0.25) is 0 Å². The van der Waals surface area contributed by atoms with Gasteiger partial charge < -0.3 is 9.80 Å². The van der Waals surface area contributed by atoms with Crippen molar-refractivity contribution in [3.05, 3.63) is 253 Å². The average molecular weight is 801 g/mol. The summed E-state index contributed by atoms with van der Waals surface area (Å²) in [5, 5.41) is 0. The van der Waals surface area contributed by atoms with E-state index in [4.69, 9.17) is 0 Å². The normalized spacial score (nSPS) is 18.1. The van der Waals surface area contributed by atoms with Crippen LogP contribution in [0.1, 0.15) is 49.7 Å². The predicted molar refractivity (Wildman–Crippen MR) is 265 cm³/mol. The van der Waals surface area contributed by atoms with E-state index in [1.807, 2.05) is 0 Å². The molecule has 2 nitrogen and oxygen atoms in total. The Morgan fingerprint density at radius 3 is 1.35 bits per heavy atom. The van der Waals surface area contributed by atoms with Crippen LogP contribution in [0.3, 0.4) is 0 Å². The summed E-state index contributed by atoms with van der Waals surface area (Å²) in [6.07, 6.45) is 34.7. The van der Waals surface area contributed by atoms with Gasteiger partial charge in [-0.25, -0.2) is 0 Å². The topological polar surface area (TPSA) is 6.48 Å². The first-order chi connectivity index (χ1) is 30.7. The zero-order chi connectivity index (χ0) is 41.5. The number of nitrogens with zero attached hydrogens (tertiary/aromatic N) is 2. The number of anilines is 4. The molecular formula is C60H52N2. The van der Waals surface area contributed by atoms with Gasteiger partial charge in [-0.3, -0.25) is 0 Å². The van der Waals surface area contributed by atoms with E-state index < -0.39 is 0 Å². The highest BCUT2D eigenvalue weighted by atomic mass is 15.2. The summed E-state index contributed by atoms with van der Waals surface area (Å²) in [7, 11) is 0. The lowest BCUT2D eigenvalue weighted by Gasteiger charge is -2.35. The molecule has 62 heavy (non-hydrogen) atoms. The van der Waals surface area contributed by atoms with E-state index in [-0.39, 0.29) is 6.04 Å². The molecule has 0 aliphatic heterocycles. The zero-order valence-electron chi connectivity index (χ0n) is 35.2. The van der Waals surface area contributed by atoms with Crippen LogP contribution >= 0.6 is 0 Å². The van der Waals surface area contributed by atoms with Gasteiger partial charge in [0.1, 0.15) is 0 Å². The van der Waals surface area contributed by atoms with Crippen molar-refractivity contribution in [1.82, 2.24) is 0 Å². The van der Waals surface area contributed by atoms with Gasteiger partial charge >= 0.3 is 0 Å². The van der Waals surface area contributed by atoms with Crippen molar-refractivity contribution in [3.8, 4) is 22.3 Å². The second-order valence-electron chi connectivity index (χ2n) is 16.6. The van der Waals surface area contributed by atoms with Gasteiger partial charge in [0.15, 0.2) is 0 Å². The van der Waals surface area contributed by atoms with Crippen LogP contribution < -0.4 is 9.80 Å². The Kier molecular flexibility index (Phi) is 11.5. The first kappa shape index (κ1) is 39.0. The molecule has 2 heteroatoms. The summed E-state index contributed by atoms with van der Waals surface area (Å²) in [5.74, 6) is 0.439. The largest absolute Gasteiger partial charge is 0.335 e. The van der Waals surface area contributed by atoms with Crippen LogP contribution in [0.5, 0.6) is 0 Å². The van der Waals surface area contributed by atoms with Crippen molar-refractivity contribution in [1.29, 1.82) is 0 Å². The third-order valence-corrected chi connectivity index (χ3v) is 12.6. The molecule has 0 N–H and O–H groups in total. The molecule has 10 rings (SSSR count). The summed E-state index contributed by atoms with van der Waals surface area (Å²) in [6, 6.07) is 57.7. The Hall–Kier alpha value is -7.16. The first-order valence-corrected chi connectivity index (χ1v) is 22.3. The third-order valence-electron chi connectivity index (χ3n) is 12.6. The highest BCUT2D eigenvalue weighted by Crippen LogP contribution is 2.39. The number of hydrogen-bond donors (Lipinski definition) is 0. The predicted octanol–water partition coefficient (Wildman–Crippen LogP) is 16.2. The van der Waals surface area contributed by atoms with E-state index >= 15 is 0 Å². The van der Waals surface area contributed by atoms with Crippen molar-refractivity contribution in [2.24, 2.45) is 5.92 Å². The van der Waals surface area contributed by atoms with E-state index in [2.05, 4.69) is 240 Å². The van der Waals surface area contributed by atoms with E-state index in [1.54, 1.807) is 0 Å². The van der Waals surface area contributed by atoms with E-state index in [0.717, 1.165) is 55.6 Å². The SMILES string of the molecule is C1=CC(c2ccc(N(c3ccc(-c4ccccc4)cc3)c3ccc(-c4ccc(N(C5=CCC(C6=CCCC=C6)C=C5)C5C=CC(c6ccccc6)=CC5)cc4)cc3)cc2)=CCC1. The summed E-state index contributed by atoms with van der Waals surface area (Å²) < 4.78 is 0. The van der Waals surface area contributed by atoms with E-state index in [9.17, 15) is 0 Å². The molecule has 6 aromatic rings. The standard InChI is InChI=1S/C60H52N2/c1-5-13-45(14-6-1)49-21-33-55(34-22-49)61(56-35-23-50(24-36-56)46-15-7-2-8-16-46)59-41-29-53(30-42-59)54-31-43-60(44-32-54)62(57-37-25-51(26-38-57)47-17-9-3-10-18-47)58-39-27-52(28-40-58)48-19-11-4-12-20-48/h1,3,5-7,9-11,13-27,29-37,39-44,52,57H,2,4,8,12,28,38H2. The molecule has 0 heterocycles. The summed E-state index contributed by atoms with van der Waals surface area (Å²) in [6.45, 7) is 0. The highest BCUT2D eigenvalue weighted by Gasteiger charge is 2.24. The summed E-state index contributed by atoms with van der Waals surface area (Å²) in [5.41, 5.74) is 17.2. The van der Waals surface area contributed by atoms with Crippen molar-refractivity contribution in [2.75, 3.05) is 9.80 Å². The minimum Gasteiger partial charge on any atom is -0.335 e. The Balaban J connectivity index is 0.927. The molecule has 0 saturated heterocycles. The third kappa shape index (κ3) is 8.55. The maximum atomic E-state index is 2.53. The monoisotopic (exact) mass is 800 g/mol. The lowest BCUT2D eigenvalue weighted by molar-refractivity contribution is 0.725. The Morgan fingerprint density at radius 2 is 0.855 bits per heavy atom. The van der Waals surface area contributed by atoms with Crippen molar-refractivity contribution < 1.29 is 0 Å². The molecule has 0 aromatic heterocycles. The lowest BCUT2D eigenvalue weighted by Crippen LogP contribution is -2.34. The van der Waals surface area contributed by atoms with Crippen LogP contribution in [0.15, 0.2) is 242 Å². The fraction of sp³-hybridized carbons (Fsp3) is 0.133. The molecule has 302 valence electrons. The van der Waals surface area contributed by atoms with Gasteiger partial charge in [-0.2, -0.15) is 0 Å². The lowest BCUT2D eigenvalue weighted by atomic mass is 9.87. The minimum atomic E-state index is 0.214. The molecule has 2 unspecified atom stereocenters. The fourth-order valence-electron chi connectivity index (χ4n) is 9.25. The van der Waals surface area contributed by atoms with Gasteiger partial charge in [0.2, 0.25) is 0 Å². The number of rotatable bonds is 11. The smallest absolute Gasteiger partial charge is 0.0560 e. The Morgan fingerprint density at radius 1 is 0.355 bits per heavy atom. The maximum absolute atomic E-state index is 2.53. The quantitative estimate of drug-likeness (QED) is 0.129. The van der Waals surface area contributed by atoms with Crippen molar-refractivity contribution in [2.45, 2.75) is 44.6 Å². The highest BCUT2D eigenvalue weighted by molar-refractivity contribution is 5.82. The fourth-order valence-corrected chi connectivity index (χ4v) is 9.25. The Bertz CT molecular complexity index is 2740. The van der Waals surface area contributed by atoms with Gasteiger partial charge in [0.25, 0.3) is 0 Å². The van der Waals surface area contributed by atoms with Crippen LogP contribution in [-0.2, 0) is 0 Å². The molecule has 6 aromatic carbocycles. The second-order valence-corrected chi connectivity index (χ2v) is 16.6. The molecule has 0 saturated carbocycles. The van der Waals surface area contributed by atoms with E-state index in [0.29, 0.717) is 5.92 Å². The first-order valence-electron chi connectivity index (χ1n) is 22.3. The summed E-state index contributed by atoms with van der Waals surface area (Å²) in [4.78, 5) is 4.90. The number of hydrogen-bond acceptors (Lipinski definition) is 2. The molecule has 4 aliphatic carbocycles. The summed E-state index contributed by atoms with van der Waals surface area (Å²) >= 11 is 0. The van der Waals surface area contributed by atoms with Gasteiger partial charge in [0.05, 0.1) is 6.04 Å². The molecule has 0 spiro atoms. The van der Waals surface area contributed by atoms with Gasteiger partial charge in [-0.15, -0.1) is 0 Å². The second kappa shape index (κ2) is 18.2. The van der Waals surface area contributed by atoms with Crippen LogP contribution in [0.25, 0.3) is 33.4 Å².